The number of aromatic nitrogens is 2. The highest BCUT2D eigenvalue weighted by molar-refractivity contribution is 7.07. The Kier molecular flexibility index (Phi) is 8.27. The molecule has 0 radical (unpaired) electrons. The first-order valence-corrected chi connectivity index (χ1v) is 14.8. The summed E-state index contributed by atoms with van der Waals surface area (Å²) in [6, 6.07) is 14.2. The van der Waals surface area contributed by atoms with Crippen molar-refractivity contribution < 1.29 is 14.3 Å². The van der Waals surface area contributed by atoms with Crippen molar-refractivity contribution >= 4 is 46.6 Å². The number of esters is 1. The fraction of sp³-hybridized carbons (Fsp3) is 0.258. The molecule has 0 bridgehead atoms. The van der Waals surface area contributed by atoms with Crippen LogP contribution in [0.3, 0.4) is 0 Å². The van der Waals surface area contributed by atoms with Crippen LogP contribution in [-0.2, 0) is 9.53 Å². The smallest absolute Gasteiger partial charge is 0.338 e. The highest BCUT2D eigenvalue weighted by Gasteiger charge is 2.33. The average molecular weight is 611 g/mol. The molecule has 212 valence electrons. The van der Waals surface area contributed by atoms with Gasteiger partial charge in [-0.3, -0.25) is 9.36 Å². The minimum atomic E-state index is -0.688. The molecule has 7 nitrogen and oxygen atoms in total. The number of thiazole rings is 1. The fourth-order valence-corrected chi connectivity index (χ4v) is 6.45. The predicted molar refractivity (Wildman–Crippen MR) is 163 cm³/mol. The van der Waals surface area contributed by atoms with E-state index in [1.807, 2.05) is 69.3 Å². The van der Waals surface area contributed by atoms with Crippen LogP contribution in [0, 0.1) is 13.8 Å². The van der Waals surface area contributed by atoms with Gasteiger partial charge in [-0.25, -0.2) is 9.79 Å². The lowest BCUT2D eigenvalue weighted by atomic mass is 9.96. The average Bonchev–Trinajstić information content (AvgIpc) is 3.39. The lowest BCUT2D eigenvalue weighted by molar-refractivity contribution is -0.139. The van der Waals surface area contributed by atoms with Gasteiger partial charge in [-0.1, -0.05) is 46.7 Å². The van der Waals surface area contributed by atoms with Crippen LogP contribution < -0.4 is 19.6 Å². The molecule has 0 fully saturated rings. The number of fused-ring (bicyclic) bond motifs is 1. The minimum Gasteiger partial charge on any atom is -0.494 e. The first-order valence-electron chi connectivity index (χ1n) is 13.2. The third-order valence-corrected chi connectivity index (χ3v) is 8.66. The quantitative estimate of drug-likeness (QED) is 0.244. The van der Waals surface area contributed by atoms with Crippen LogP contribution in [0.15, 0.2) is 69.6 Å². The molecule has 1 atom stereocenters. The molecule has 3 heterocycles. The minimum absolute atomic E-state index is 0.213. The summed E-state index contributed by atoms with van der Waals surface area (Å²) < 4.78 is 15.2. The lowest BCUT2D eigenvalue weighted by Crippen LogP contribution is -2.39. The number of nitrogens with zero attached hydrogens (tertiary/aromatic N) is 3. The number of carbonyl (C=O) groups is 1. The Balaban J connectivity index is 1.66. The SMILES string of the molecule is CCOC(=O)C1=C(C)N=c2s/c(=C\c3cc(C)n(-c4ccc(Cl)c(Cl)c4)c3C)c(=O)n2[C@@H]1c1ccc(OCC)cc1. The van der Waals surface area contributed by atoms with Crippen LogP contribution >= 0.6 is 34.5 Å². The van der Waals surface area contributed by atoms with Gasteiger partial charge in [-0.2, -0.15) is 0 Å². The summed E-state index contributed by atoms with van der Waals surface area (Å²) in [6.45, 7) is 10.2. The number of allylic oxidation sites excluding steroid dienone is 1. The van der Waals surface area contributed by atoms with Gasteiger partial charge < -0.3 is 14.0 Å². The Bertz CT molecular complexity index is 1870. The standard InChI is InChI=1S/C31H29Cl2N3O4S/c1-6-39-23-11-8-20(9-12-23)28-27(30(38)40-7-2)18(4)34-31-36(28)29(37)26(41-31)15-21-14-17(3)35(19(21)5)22-10-13-24(32)25(33)16-22/h8-16,28H,6-7H2,1-5H3/b26-15-/t28-/m1/s1. The summed E-state index contributed by atoms with van der Waals surface area (Å²) >= 11 is 13.7. The van der Waals surface area contributed by atoms with Crippen LogP contribution in [0.1, 0.15) is 49.3 Å². The maximum atomic E-state index is 14.0. The lowest BCUT2D eigenvalue weighted by Gasteiger charge is -2.24. The van der Waals surface area contributed by atoms with Crippen molar-refractivity contribution in [1.29, 1.82) is 0 Å². The van der Waals surface area contributed by atoms with Gasteiger partial charge in [0.1, 0.15) is 5.75 Å². The molecule has 0 spiro atoms. The summed E-state index contributed by atoms with van der Waals surface area (Å²) in [5.74, 6) is 0.214. The molecule has 0 amide bonds. The third-order valence-electron chi connectivity index (χ3n) is 6.94. The van der Waals surface area contributed by atoms with Gasteiger partial charge in [-0.05, 0) is 88.2 Å². The van der Waals surface area contributed by atoms with Crippen molar-refractivity contribution in [3.63, 3.8) is 0 Å². The molecule has 0 saturated carbocycles. The van der Waals surface area contributed by atoms with E-state index in [2.05, 4.69) is 9.56 Å². The largest absolute Gasteiger partial charge is 0.494 e. The Labute approximate surface area is 251 Å². The van der Waals surface area contributed by atoms with Gasteiger partial charge in [0, 0.05) is 17.1 Å². The molecule has 4 aromatic rings. The van der Waals surface area contributed by atoms with Gasteiger partial charge in [0.25, 0.3) is 5.56 Å². The molecular formula is C31H29Cl2N3O4S. The zero-order valence-corrected chi connectivity index (χ0v) is 25.7. The van der Waals surface area contributed by atoms with E-state index in [0.29, 0.717) is 43.0 Å². The Morgan fingerprint density at radius 1 is 1.02 bits per heavy atom. The third kappa shape index (κ3) is 5.39. The molecule has 2 aromatic heterocycles. The molecule has 0 N–H and O–H groups in total. The molecule has 0 saturated heterocycles. The maximum absolute atomic E-state index is 14.0. The molecule has 0 aliphatic carbocycles. The summed E-state index contributed by atoms with van der Waals surface area (Å²) in [6.07, 6.45) is 1.87. The zero-order valence-electron chi connectivity index (χ0n) is 23.3. The fourth-order valence-electron chi connectivity index (χ4n) is 5.12. The second-order valence-corrected chi connectivity index (χ2v) is 11.4. The van der Waals surface area contributed by atoms with Crippen molar-refractivity contribution in [1.82, 2.24) is 9.13 Å². The van der Waals surface area contributed by atoms with Gasteiger partial charge in [0.15, 0.2) is 4.80 Å². The van der Waals surface area contributed by atoms with E-state index in [9.17, 15) is 9.59 Å². The number of hydrogen-bond donors (Lipinski definition) is 0. The van der Waals surface area contributed by atoms with E-state index in [0.717, 1.165) is 28.2 Å². The molecule has 1 aliphatic rings. The second kappa shape index (κ2) is 11.7. The van der Waals surface area contributed by atoms with Crippen molar-refractivity contribution in [2.75, 3.05) is 13.2 Å². The van der Waals surface area contributed by atoms with E-state index in [1.54, 1.807) is 24.5 Å². The van der Waals surface area contributed by atoms with E-state index in [4.69, 9.17) is 32.7 Å². The number of aryl methyl sites for hydroxylation is 1. The van der Waals surface area contributed by atoms with Crippen LogP contribution in [-0.4, -0.2) is 28.3 Å². The number of ether oxygens (including phenoxy) is 2. The zero-order chi connectivity index (χ0) is 29.4. The van der Waals surface area contributed by atoms with Gasteiger partial charge in [0.2, 0.25) is 0 Å². The molecule has 1 aliphatic heterocycles. The number of hydrogen-bond acceptors (Lipinski definition) is 6. The van der Waals surface area contributed by atoms with Crippen molar-refractivity contribution in [2.24, 2.45) is 4.99 Å². The summed E-state index contributed by atoms with van der Waals surface area (Å²) in [5.41, 5.74) is 5.07. The molecule has 5 rings (SSSR count). The highest BCUT2D eigenvalue weighted by Crippen LogP contribution is 2.32. The Morgan fingerprint density at radius 2 is 1.76 bits per heavy atom. The summed E-state index contributed by atoms with van der Waals surface area (Å²) in [7, 11) is 0. The first-order chi connectivity index (χ1) is 19.6. The van der Waals surface area contributed by atoms with Crippen LogP contribution in [0.5, 0.6) is 5.75 Å². The van der Waals surface area contributed by atoms with Crippen molar-refractivity contribution in [3.05, 3.63) is 112 Å². The number of benzene rings is 2. The van der Waals surface area contributed by atoms with Crippen LogP contribution in [0.25, 0.3) is 11.8 Å². The molecular weight excluding hydrogens is 581 g/mol. The van der Waals surface area contributed by atoms with Crippen molar-refractivity contribution in [3.8, 4) is 11.4 Å². The Hall–Kier alpha value is -3.59. The Morgan fingerprint density at radius 3 is 2.41 bits per heavy atom. The van der Waals surface area contributed by atoms with Gasteiger partial charge in [-0.15, -0.1) is 0 Å². The monoisotopic (exact) mass is 609 g/mol. The molecule has 41 heavy (non-hydrogen) atoms. The molecule has 0 unspecified atom stereocenters. The number of rotatable bonds is 7. The maximum Gasteiger partial charge on any atom is 0.338 e. The molecule has 10 heteroatoms. The topological polar surface area (TPSA) is 74.8 Å². The van der Waals surface area contributed by atoms with E-state index in [-0.39, 0.29) is 12.2 Å². The number of halogens is 2. The predicted octanol–water partition coefficient (Wildman–Crippen LogP) is 5.91. The van der Waals surface area contributed by atoms with E-state index < -0.39 is 12.0 Å². The normalized spacial score (nSPS) is 15.1. The summed E-state index contributed by atoms with van der Waals surface area (Å²) in [4.78, 5) is 32.3. The second-order valence-electron chi connectivity index (χ2n) is 9.56. The van der Waals surface area contributed by atoms with E-state index in [1.165, 1.54) is 11.3 Å². The molecule has 2 aromatic carbocycles. The van der Waals surface area contributed by atoms with Crippen LogP contribution in [0.2, 0.25) is 10.0 Å². The van der Waals surface area contributed by atoms with Crippen LogP contribution in [0.4, 0.5) is 0 Å². The first kappa shape index (κ1) is 28.9. The van der Waals surface area contributed by atoms with Gasteiger partial charge in [0.05, 0.1) is 45.1 Å². The van der Waals surface area contributed by atoms with Gasteiger partial charge >= 0.3 is 5.97 Å². The number of carbonyl (C=O) groups excluding carboxylic acids is 1. The summed E-state index contributed by atoms with van der Waals surface area (Å²) in [5, 5.41) is 0.951. The highest BCUT2D eigenvalue weighted by atomic mass is 35.5. The van der Waals surface area contributed by atoms with Crippen molar-refractivity contribution in [2.45, 2.75) is 40.7 Å². The van der Waals surface area contributed by atoms with E-state index >= 15 is 0 Å².